The van der Waals surface area contributed by atoms with Crippen molar-refractivity contribution in [3.63, 3.8) is 0 Å². The lowest BCUT2D eigenvalue weighted by Gasteiger charge is -2.27. The van der Waals surface area contributed by atoms with Crippen LogP contribution < -0.4 is 11.1 Å². The summed E-state index contributed by atoms with van der Waals surface area (Å²) in [5, 5.41) is 12.0. The van der Waals surface area contributed by atoms with Crippen LogP contribution in [0.4, 0.5) is 11.5 Å². The zero-order chi connectivity index (χ0) is 13.9. The van der Waals surface area contributed by atoms with E-state index in [-0.39, 0.29) is 11.0 Å². The summed E-state index contributed by atoms with van der Waals surface area (Å²) in [5.41, 5.74) is 6.42. The number of rotatable bonds is 4. The van der Waals surface area contributed by atoms with Gasteiger partial charge in [0.2, 0.25) is 0 Å². The third kappa shape index (κ3) is 3.61. The van der Waals surface area contributed by atoms with Gasteiger partial charge < -0.3 is 16.2 Å². The molecule has 1 aromatic rings. The second-order valence-corrected chi connectivity index (χ2v) is 5.61. The Morgan fingerprint density at radius 1 is 1.56 bits per heavy atom. The maximum absolute atomic E-state index is 10.7. The van der Waals surface area contributed by atoms with Gasteiger partial charge in [-0.25, -0.2) is 9.78 Å². The largest absolute Gasteiger partial charge is 0.478 e. The number of carbonyl (C=O) groups is 1. The van der Waals surface area contributed by atoms with Gasteiger partial charge in [0.25, 0.3) is 0 Å². The van der Waals surface area contributed by atoms with Gasteiger partial charge in [0, 0.05) is 12.7 Å². The molecule has 100 valence electrons. The van der Waals surface area contributed by atoms with Crippen LogP contribution in [0.2, 0.25) is 0 Å². The zero-order valence-electron chi connectivity index (χ0n) is 11.3. The monoisotopic (exact) mass is 251 g/mol. The summed E-state index contributed by atoms with van der Waals surface area (Å²) in [6.45, 7) is 9.40. The van der Waals surface area contributed by atoms with E-state index in [4.69, 9.17) is 10.8 Å². The highest BCUT2D eigenvalue weighted by Gasteiger charge is 2.20. The number of nitrogens with one attached hydrogen (secondary N) is 1. The van der Waals surface area contributed by atoms with Gasteiger partial charge in [-0.1, -0.05) is 27.7 Å². The predicted molar refractivity (Wildman–Crippen MR) is 72.7 cm³/mol. The van der Waals surface area contributed by atoms with Crippen LogP contribution in [0.5, 0.6) is 0 Å². The Labute approximate surface area is 107 Å². The topological polar surface area (TPSA) is 88.2 Å². The molecule has 0 spiro atoms. The molecular weight excluding hydrogens is 230 g/mol. The van der Waals surface area contributed by atoms with E-state index in [0.29, 0.717) is 17.4 Å². The maximum atomic E-state index is 10.7. The highest BCUT2D eigenvalue weighted by molar-refractivity contribution is 5.89. The van der Waals surface area contributed by atoms with Gasteiger partial charge in [0.15, 0.2) is 0 Å². The van der Waals surface area contributed by atoms with Gasteiger partial charge in [-0.2, -0.15) is 0 Å². The van der Waals surface area contributed by atoms with E-state index >= 15 is 0 Å². The van der Waals surface area contributed by atoms with Crippen molar-refractivity contribution in [1.29, 1.82) is 0 Å². The first-order valence-corrected chi connectivity index (χ1v) is 5.94. The molecule has 0 aliphatic carbocycles. The first kappa shape index (κ1) is 14.3. The molecule has 0 aliphatic heterocycles. The average molecular weight is 251 g/mol. The second-order valence-electron chi connectivity index (χ2n) is 5.61. The molecule has 0 bridgehead atoms. The molecule has 5 heteroatoms. The summed E-state index contributed by atoms with van der Waals surface area (Å²) in [7, 11) is 0. The third-order valence-electron chi connectivity index (χ3n) is 3.22. The number of carboxylic acid groups (broad SMARTS) is 1. The number of anilines is 2. The van der Waals surface area contributed by atoms with Gasteiger partial charge in [-0.3, -0.25) is 0 Å². The van der Waals surface area contributed by atoms with Crippen LogP contribution in [0.3, 0.4) is 0 Å². The molecule has 1 atom stereocenters. The summed E-state index contributed by atoms with van der Waals surface area (Å²) >= 11 is 0. The molecule has 0 saturated heterocycles. The van der Waals surface area contributed by atoms with Crippen LogP contribution in [0.25, 0.3) is 0 Å². The van der Waals surface area contributed by atoms with E-state index in [2.05, 4.69) is 38.0 Å². The molecule has 1 unspecified atom stereocenters. The standard InChI is InChI=1S/C13H21N3O2/c1-8(13(2,3)4)6-15-11-10(14)5-9(7-16-11)12(17)18/h5,7-8H,6,14H2,1-4H3,(H,15,16)(H,17,18). The Hall–Kier alpha value is -1.78. The fourth-order valence-electron chi connectivity index (χ4n) is 1.30. The lowest BCUT2D eigenvalue weighted by Crippen LogP contribution is -2.25. The summed E-state index contributed by atoms with van der Waals surface area (Å²) in [6, 6.07) is 1.42. The fourth-order valence-corrected chi connectivity index (χ4v) is 1.30. The van der Waals surface area contributed by atoms with Crippen molar-refractivity contribution < 1.29 is 9.90 Å². The lowest BCUT2D eigenvalue weighted by atomic mass is 9.82. The Bertz CT molecular complexity index is 438. The van der Waals surface area contributed by atoms with E-state index in [1.807, 2.05) is 0 Å². The number of nitrogen functional groups attached to an aromatic ring is 1. The van der Waals surface area contributed by atoms with Crippen molar-refractivity contribution >= 4 is 17.5 Å². The number of nitrogens with two attached hydrogens (primary N) is 1. The number of aromatic nitrogens is 1. The van der Waals surface area contributed by atoms with Gasteiger partial charge in [0.05, 0.1) is 11.3 Å². The molecule has 4 N–H and O–H groups in total. The normalized spacial score (nSPS) is 13.1. The highest BCUT2D eigenvalue weighted by Crippen LogP contribution is 2.26. The molecule has 0 saturated carbocycles. The first-order chi connectivity index (χ1) is 8.21. The van der Waals surface area contributed by atoms with E-state index in [1.165, 1.54) is 12.3 Å². The maximum Gasteiger partial charge on any atom is 0.337 e. The number of nitrogens with zero attached hydrogens (tertiary/aromatic N) is 1. The highest BCUT2D eigenvalue weighted by atomic mass is 16.4. The fraction of sp³-hybridized carbons (Fsp3) is 0.538. The van der Waals surface area contributed by atoms with Gasteiger partial charge >= 0.3 is 5.97 Å². The molecule has 18 heavy (non-hydrogen) atoms. The molecular formula is C13H21N3O2. The lowest BCUT2D eigenvalue weighted by molar-refractivity contribution is 0.0696. The number of hydrogen-bond acceptors (Lipinski definition) is 4. The minimum absolute atomic E-state index is 0.0990. The Kier molecular flexibility index (Phi) is 4.16. The van der Waals surface area contributed by atoms with E-state index in [1.54, 1.807) is 0 Å². The number of pyridine rings is 1. The van der Waals surface area contributed by atoms with Crippen molar-refractivity contribution in [3.8, 4) is 0 Å². The van der Waals surface area contributed by atoms with Crippen LogP contribution >= 0.6 is 0 Å². The van der Waals surface area contributed by atoms with Crippen molar-refractivity contribution in [2.75, 3.05) is 17.6 Å². The van der Waals surface area contributed by atoms with Crippen molar-refractivity contribution in [3.05, 3.63) is 17.8 Å². The summed E-state index contributed by atoms with van der Waals surface area (Å²) < 4.78 is 0. The van der Waals surface area contributed by atoms with Crippen molar-refractivity contribution in [2.45, 2.75) is 27.7 Å². The minimum atomic E-state index is -1.02. The van der Waals surface area contributed by atoms with Crippen molar-refractivity contribution in [1.82, 2.24) is 4.98 Å². The smallest absolute Gasteiger partial charge is 0.337 e. The molecule has 0 fully saturated rings. The quantitative estimate of drug-likeness (QED) is 0.765. The average Bonchev–Trinajstić information content (AvgIpc) is 2.25. The van der Waals surface area contributed by atoms with E-state index in [9.17, 15) is 4.79 Å². The van der Waals surface area contributed by atoms with Gasteiger partial charge in [-0.05, 0) is 17.4 Å². The zero-order valence-corrected chi connectivity index (χ0v) is 11.3. The molecule has 1 heterocycles. The number of aromatic carboxylic acids is 1. The van der Waals surface area contributed by atoms with E-state index < -0.39 is 5.97 Å². The summed E-state index contributed by atoms with van der Waals surface area (Å²) in [4.78, 5) is 14.8. The molecule has 0 radical (unpaired) electrons. The number of hydrogen-bond donors (Lipinski definition) is 3. The Balaban J connectivity index is 2.72. The van der Waals surface area contributed by atoms with Gasteiger partial charge in [0.1, 0.15) is 5.82 Å². The van der Waals surface area contributed by atoms with Crippen LogP contribution in [0.1, 0.15) is 38.1 Å². The summed E-state index contributed by atoms with van der Waals surface area (Å²) in [6.07, 6.45) is 1.31. The summed E-state index contributed by atoms with van der Waals surface area (Å²) in [5.74, 6) is -0.0437. The minimum Gasteiger partial charge on any atom is -0.478 e. The van der Waals surface area contributed by atoms with Crippen LogP contribution in [0.15, 0.2) is 12.3 Å². The SMILES string of the molecule is CC(CNc1ncc(C(=O)O)cc1N)C(C)(C)C. The second kappa shape index (κ2) is 5.25. The van der Waals surface area contributed by atoms with Crippen LogP contribution in [-0.4, -0.2) is 22.6 Å². The van der Waals surface area contributed by atoms with Crippen molar-refractivity contribution in [2.24, 2.45) is 11.3 Å². The molecule has 5 nitrogen and oxygen atoms in total. The molecule has 1 aromatic heterocycles. The van der Waals surface area contributed by atoms with Crippen LogP contribution in [-0.2, 0) is 0 Å². The van der Waals surface area contributed by atoms with Crippen LogP contribution in [0, 0.1) is 11.3 Å². The molecule has 0 aromatic carbocycles. The van der Waals surface area contributed by atoms with E-state index in [0.717, 1.165) is 6.54 Å². The molecule has 0 amide bonds. The number of carboxylic acids is 1. The molecule has 1 rings (SSSR count). The Morgan fingerprint density at radius 2 is 2.17 bits per heavy atom. The Morgan fingerprint density at radius 3 is 2.61 bits per heavy atom. The molecule has 0 aliphatic rings. The third-order valence-corrected chi connectivity index (χ3v) is 3.22. The first-order valence-electron chi connectivity index (χ1n) is 5.94. The predicted octanol–water partition coefficient (Wildman–Crippen LogP) is 2.46. The van der Waals surface area contributed by atoms with Gasteiger partial charge in [-0.15, -0.1) is 0 Å².